The van der Waals surface area contributed by atoms with Gasteiger partial charge in [-0.2, -0.15) is 0 Å². The molecule has 0 aliphatic rings. The van der Waals surface area contributed by atoms with Gasteiger partial charge in [-0.25, -0.2) is 4.98 Å². The molecule has 2 atom stereocenters. The molecule has 8 heteroatoms. The number of pyridine rings is 1. The molecule has 1 amide bonds. The van der Waals surface area contributed by atoms with E-state index in [1.54, 1.807) is 25.4 Å². The van der Waals surface area contributed by atoms with Gasteiger partial charge in [-0.15, -0.1) is 24.8 Å². The Hall–Kier alpha value is -2.02. The van der Waals surface area contributed by atoms with Crippen LogP contribution in [-0.2, 0) is 11.3 Å². The second kappa shape index (κ2) is 11.6. The second-order valence-corrected chi connectivity index (χ2v) is 5.65. The van der Waals surface area contributed by atoms with E-state index in [0.717, 1.165) is 11.3 Å². The fraction of sp³-hybridized carbons (Fsp3) is 0.333. The van der Waals surface area contributed by atoms with Crippen molar-refractivity contribution >= 4 is 30.7 Å². The van der Waals surface area contributed by atoms with Crippen molar-refractivity contribution in [2.45, 2.75) is 26.4 Å². The Balaban J connectivity index is 0.00000312. The molecule has 0 saturated carbocycles. The summed E-state index contributed by atoms with van der Waals surface area (Å²) in [5.74, 6) is 1.54. The second-order valence-electron chi connectivity index (χ2n) is 5.65. The van der Waals surface area contributed by atoms with E-state index in [0.29, 0.717) is 18.2 Å². The number of carbonyl (C=O) groups is 1. The van der Waals surface area contributed by atoms with Crippen molar-refractivity contribution < 1.29 is 14.3 Å². The first-order valence-electron chi connectivity index (χ1n) is 7.79. The molecular weight excluding hydrogens is 377 g/mol. The maximum absolute atomic E-state index is 11.9. The summed E-state index contributed by atoms with van der Waals surface area (Å²) in [5.41, 5.74) is 6.61. The number of rotatable bonds is 7. The monoisotopic (exact) mass is 401 g/mol. The van der Waals surface area contributed by atoms with Crippen molar-refractivity contribution in [1.82, 2.24) is 10.3 Å². The molecule has 0 bridgehead atoms. The number of benzene rings is 1. The molecule has 144 valence electrons. The number of nitrogens with two attached hydrogens (primary N) is 1. The van der Waals surface area contributed by atoms with Crippen LogP contribution in [0.3, 0.4) is 0 Å². The van der Waals surface area contributed by atoms with Gasteiger partial charge in [0, 0.05) is 36.8 Å². The van der Waals surface area contributed by atoms with Crippen molar-refractivity contribution in [3.8, 4) is 17.4 Å². The quantitative estimate of drug-likeness (QED) is 0.742. The highest BCUT2D eigenvalue weighted by Crippen LogP contribution is 2.23. The minimum absolute atomic E-state index is 0. The van der Waals surface area contributed by atoms with Gasteiger partial charge in [0.15, 0.2) is 0 Å². The van der Waals surface area contributed by atoms with Gasteiger partial charge in [0.25, 0.3) is 0 Å². The zero-order chi connectivity index (χ0) is 17.5. The lowest BCUT2D eigenvalue weighted by atomic mass is 10.0. The largest absolute Gasteiger partial charge is 0.497 e. The molecule has 26 heavy (non-hydrogen) atoms. The molecule has 3 N–H and O–H groups in total. The average molecular weight is 402 g/mol. The lowest BCUT2D eigenvalue weighted by molar-refractivity contribution is -0.125. The van der Waals surface area contributed by atoms with Crippen molar-refractivity contribution in [2.75, 3.05) is 7.11 Å². The number of amides is 1. The third kappa shape index (κ3) is 7.07. The minimum atomic E-state index is -0.228. The molecule has 6 nitrogen and oxygen atoms in total. The van der Waals surface area contributed by atoms with Crippen molar-refractivity contribution in [1.29, 1.82) is 0 Å². The third-order valence-corrected chi connectivity index (χ3v) is 3.73. The first kappa shape index (κ1) is 24.0. The fourth-order valence-corrected chi connectivity index (χ4v) is 1.95. The molecule has 0 aliphatic heterocycles. The van der Waals surface area contributed by atoms with Crippen molar-refractivity contribution in [2.24, 2.45) is 11.7 Å². The number of halogens is 2. The van der Waals surface area contributed by atoms with Gasteiger partial charge in [-0.05, 0) is 24.6 Å². The van der Waals surface area contributed by atoms with E-state index in [2.05, 4.69) is 10.3 Å². The Bertz CT molecular complexity index is 682. The summed E-state index contributed by atoms with van der Waals surface area (Å²) in [6.07, 6.45) is 1.67. The highest BCUT2D eigenvalue weighted by atomic mass is 35.5. The number of methoxy groups -OCH3 is 1. The Morgan fingerprint density at radius 3 is 2.46 bits per heavy atom. The third-order valence-electron chi connectivity index (χ3n) is 3.73. The molecule has 0 saturated heterocycles. The van der Waals surface area contributed by atoms with Crippen LogP contribution in [0.25, 0.3) is 0 Å². The van der Waals surface area contributed by atoms with Gasteiger partial charge < -0.3 is 20.5 Å². The predicted octanol–water partition coefficient (Wildman–Crippen LogP) is 3.33. The molecule has 1 aromatic carbocycles. The van der Waals surface area contributed by atoms with Crippen LogP contribution >= 0.6 is 24.8 Å². The average Bonchev–Trinajstić information content (AvgIpc) is 2.60. The van der Waals surface area contributed by atoms with Crippen LogP contribution in [0.5, 0.6) is 17.4 Å². The van der Waals surface area contributed by atoms with Crippen LogP contribution in [0.2, 0.25) is 0 Å². The Kier molecular flexibility index (Phi) is 10.7. The molecule has 0 radical (unpaired) electrons. The maximum Gasteiger partial charge on any atom is 0.224 e. The van der Waals surface area contributed by atoms with E-state index in [9.17, 15) is 4.79 Å². The predicted molar refractivity (Wildman–Crippen MR) is 106 cm³/mol. The summed E-state index contributed by atoms with van der Waals surface area (Å²) in [5, 5.41) is 2.85. The van der Waals surface area contributed by atoms with Crippen molar-refractivity contribution in [3.63, 3.8) is 0 Å². The topological polar surface area (TPSA) is 86.5 Å². The van der Waals surface area contributed by atoms with Gasteiger partial charge in [-0.1, -0.05) is 19.1 Å². The van der Waals surface area contributed by atoms with Crippen LogP contribution in [-0.4, -0.2) is 24.0 Å². The van der Waals surface area contributed by atoms with Crippen LogP contribution < -0.4 is 20.5 Å². The summed E-state index contributed by atoms with van der Waals surface area (Å²) in [6, 6.07) is 10.7. The Morgan fingerprint density at radius 2 is 1.88 bits per heavy atom. The summed E-state index contributed by atoms with van der Waals surface area (Å²) >= 11 is 0. The van der Waals surface area contributed by atoms with Crippen LogP contribution in [0, 0.1) is 5.92 Å². The molecule has 1 heterocycles. The minimum Gasteiger partial charge on any atom is -0.497 e. The van der Waals surface area contributed by atoms with Crippen LogP contribution in [0.15, 0.2) is 42.6 Å². The standard InChI is InChI=1S/C18H23N3O3.2ClH/c1-12(13(2)19)18(22)21-11-14-7-8-17(20-10-14)24-16-6-4-5-15(9-16)23-3;;/h4-10,12-13H,11,19H2,1-3H3,(H,21,22);2*1H. The van der Waals surface area contributed by atoms with Gasteiger partial charge in [0.2, 0.25) is 11.8 Å². The zero-order valence-electron chi connectivity index (χ0n) is 15.0. The number of nitrogens with zero attached hydrogens (tertiary/aromatic N) is 1. The first-order valence-corrected chi connectivity index (χ1v) is 7.79. The Morgan fingerprint density at radius 1 is 1.19 bits per heavy atom. The highest BCUT2D eigenvalue weighted by Gasteiger charge is 2.16. The summed E-state index contributed by atoms with van der Waals surface area (Å²) < 4.78 is 10.8. The van der Waals surface area contributed by atoms with Gasteiger partial charge in [0.1, 0.15) is 11.5 Å². The zero-order valence-corrected chi connectivity index (χ0v) is 16.6. The van der Waals surface area contributed by atoms with Gasteiger partial charge in [-0.3, -0.25) is 4.79 Å². The summed E-state index contributed by atoms with van der Waals surface area (Å²) in [4.78, 5) is 16.1. The molecule has 2 aromatic rings. The number of hydrogen-bond donors (Lipinski definition) is 2. The molecular formula is C18H25Cl2N3O3. The lowest BCUT2D eigenvalue weighted by Crippen LogP contribution is -2.38. The molecule has 0 spiro atoms. The van der Waals surface area contributed by atoms with Gasteiger partial charge >= 0.3 is 0 Å². The number of ether oxygens (including phenoxy) is 2. The van der Waals surface area contributed by atoms with E-state index < -0.39 is 0 Å². The normalized spacial score (nSPS) is 12.0. The lowest BCUT2D eigenvalue weighted by Gasteiger charge is -2.15. The van der Waals surface area contributed by atoms with E-state index >= 15 is 0 Å². The number of carbonyl (C=O) groups excluding carboxylic acids is 1. The first-order chi connectivity index (χ1) is 11.5. The molecule has 1 aromatic heterocycles. The van der Waals surface area contributed by atoms with E-state index in [4.69, 9.17) is 15.2 Å². The van der Waals surface area contributed by atoms with E-state index in [1.165, 1.54) is 0 Å². The highest BCUT2D eigenvalue weighted by molar-refractivity contribution is 5.85. The molecule has 2 rings (SSSR count). The molecule has 0 aliphatic carbocycles. The van der Waals surface area contributed by atoms with Gasteiger partial charge in [0.05, 0.1) is 7.11 Å². The Labute approximate surface area is 166 Å². The number of hydrogen-bond acceptors (Lipinski definition) is 5. The maximum atomic E-state index is 11.9. The van der Waals surface area contributed by atoms with E-state index in [1.807, 2.05) is 38.1 Å². The number of aromatic nitrogens is 1. The molecule has 2 unspecified atom stereocenters. The van der Waals surface area contributed by atoms with E-state index in [-0.39, 0.29) is 42.7 Å². The summed E-state index contributed by atoms with van der Waals surface area (Å²) in [7, 11) is 1.60. The SMILES string of the molecule is COc1cccc(Oc2ccc(CNC(=O)C(C)C(C)N)cn2)c1.Cl.Cl. The number of nitrogens with one attached hydrogen (secondary N) is 1. The summed E-state index contributed by atoms with van der Waals surface area (Å²) in [6.45, 7) is 4.03. The van der Waals surface area contributed by atoms with Crippen molar-refractivity contribution in [3.05, 3.63) is 48.2 Å². The fourth-order valence-electron chi connectivity index (χ4n) is 1.95. The van der Waals surface area contributed by atoms with Crippen LogP contribution in [0.1, 0.15) is 19.4 Å². The molecule has 0 fully saturated rings. The van der Waals surface area contributed by atoms with Crippen LogP contribution in [0.4, 0.5) is 0 Å². The smallest absolute Gasteiger partial charge is 0.224 e.